The first-order valence-electron chi connectivity index (χ1n) is 4.46. The lowest BCUT2D eigenvalue weighted by atomic mass is 10.1. The highest BCUT2D eigenvalue weighted by molar-refractivity contribution is 9.10. The zero-order valence-corrected chi connectivity index (χ0v) is 10.4. The van der Waals surface area contributed by atoms with Crippen molar-refractivity contribution < 1.29 is 44.3 Å². The molecular weight excluding hydrogens is 375 g/mol. The molecule has 0 atom stereocenters. The minimum Gasteiger partial charge on any atom is -0.404 e. The lowest BCUT2D eigenvalue weighted by Crippen LogP contribution is -2.21. The Morgan fingerprint density at radius 3 is 1.50 bits per heavy atom. The summed E-state index contributed by atoms with van der Waals surface area (Å²) in [5.74, 6) is -1.99. The van der Waals surface area contributed by atoms with E-state index in [9.17, 15) is 39.5 Å². The number of hydrogen-bond donors (Lipinski definition) is 0. The van der Waals surface area contributed by atoms with E-state index in [-0.39, 0.29) is 12.1 Å². The second kappa shape index (κ2) is 5.01. The normalized spacial score (nSPS) is 13.5. The van der Waals surface area contributed by atoms with Crippen molar-refractivity contribution in [2.24, 2.45) is 0 Å². The van der Waals surface area contributed by atoms with Gasteiger partial charge >= 0.3 is 18.7 Å². The van der Waals surface area contributed by atoms with E-state index >= 15 is 0 Å². The first-order chi connectivity index (χ1) is 8.73. The molecule has 0 aromatic heterocycles. The molecule has 0 aliphatic heterocycles. The number of alkyl halides is 9. The minimum atomic E-state index is -5.58. The molecule has 20 heavy (non-hydrogen) atoms. The van der Waals surface area contributed by atoms with Crippen molar-refractivity contribution in [3.05, 3.63) is 27.7 Å². The second-order valence-corrected chi connectivity index (χ2v) is 4.14. The van der Waals surface area contributed by atoms with Gasteiger partial charge in [0.1, 0.15) is 0 Å². The van der Waals surface area contributed by atoms with Crippen LogP contribution in [-0.2, 0) is 12.4 Å². The topological polar surface area (TPSA) is 9.23 Å². The van der Waals surface area contributed by atoms with Gasteiger partial charge in [-0.25, -0.2) is 0 Å². The molecule has 0 saturated carbocycles. The monoisotopic (exact) mass is 376 g/mol. The van der Waals surface area contributed by atoms with Gasteiger partial charge in [0.2, 0.25) is 0 Å². The molecule has 1 aromatic rings. The van der Waals surface area contributed by atoms with E-state index in [1.165, 1.54) is 0 Å². The molecule has 114 valence electrons. The van der Waals surface area contributed by atoms with E-state index in [0.717, 1.165) is 0 Å². The Labute approximate surface area is 113 Å². The van der Waals surface area contributed by atoms with E-state index in [2.05, 4.69) is 20.7 Å². The van der Waals surface area contributed by atoms with Crippen molar-refractivity contribution in [3.63, 3.8) is 0 Å². The number of hydrogen-bond acceptors (Lipinski definition) is 1. The van der Waals surface area contributed by atoms with E-state index in [0.29, 0.717) is 0 Å². The third-order valence-corrected chi connectivity index (χ3v) is 2.71. The third-order valence-electron chi connectivity index (χ3n) is 1.93. The van der Waals surface area contributed by atoms with Gasteiger partial charge in [-0.2, -0.15) is 26.3 Å². The summed E-state index contributed by atoms with van der Waals surface area (Å²) in [5.41, 5.74) is -3.69. The van der Waals surface area contributed by atoms with Gasteiger partial charge in [-0.3, -0.25) is 0 Å². The van der Waals surface area contributed by atoms with Gasteiger partial charge in [-0.05, 0) is 28.1 Å². The maximum Gasteiger partial charge on any atom is 0.573 e. The largest absolute Gasteiger partial charge is 0.573 e. The van der Waals surface area contributed by atoms with E-state index in [4.69, 9.17) is 0 Å². The van der Waals surface area contributed by atoms with E-state index in [1.54, 1.807) is 0 Å². The molecule has 0 aliphatic carbocycles. The van der Waals surface area contributed by atoms with Crippen molar-refractivity contribution in [1.29, 1.82) is 0 Å². The Kier molecular flexibility index (Phi) is 4.24. The van der Waals surface area contributed by atoms with Crippen LogP contribution in [0.4, 0.5) is 39.5 Å². The molecule has 1 rings (SSSR count). The fourth-order valence-electron chi connectivity index (χ4n) is 1.21. The van der Waals surface area contributed by atoms with Crippen LogP contribution in [0.3, 0.4) is 0 Å². The zero-order valence-electron chi connectivity index (χ0n) is 8.84. The summed E-state index contributed by atoms with van der Waals surface area (Å²) in [4.78, 5) is 0. The maximum atomic E-state index is 12.5. The van der Waals surface area contributed by atoms with Crippen molar-refractivity contribution in [2.45, 2.75) is 18.7 Å². The molecule has 0 aliphatic rings. The molecule has 0 fully saturated rings. The van der Waals surface area contributed by atoms with Gasteiger partial charge in [0.25, 0.3) is 0 Å². The first-order valence-corrected chi connectivity index (χ1v) is 5.25. The predicted molar refractivity (Wildman–Crippen MR) is 50.8 cm³/mol. The molecule has 0 unspecified atom stereocenters. The average molecular weight is 377 g/mol. The maximum absolute atomic E-state index is 12.5. The highest BCUT2D eigenvalue weighted by Crippen LogP contribution is 2.47. The van der Waals surface area contributed by atoms with Crippen LogP contribution in [0.5, 0.6) is 5.75 Å². The number of rotatable bonds is 1. The van der Waals surface area contributed by atoms with Crippen LogP contribution in [0, 0.1) is 0 Å². The fraction of sp³-hybridized carbons (Fsp3) is 0.333. The molecule has 0 heterocycles. The number of ether oxygens (including phenoxy) is 1. The lowest BCUT2D eigenvalue weighted by Gasteiger charge is -2.19. The second-order valence-electron chi connectivity index (χ2n) is 3.35. The number of halogens is 10. The quantitative estimate of drug-likeness (QED) is 0.597. The summed E-state index contributed by atoms with van der Waals surface area (Å²) < 4.78 is 112. The highest BCUT2D eigenvalue weighted by Gasteiger charge is 2.44. The molecule has 1 nitrogen and oxygen atoms in total. The Morgan fingerprint density at radius 1 is 0.750 bits per heavy atom. The van der Waals surface area contributed by atoms with Crippen LogP contribution in [0.2, 0.25) is 0 Å². The van der Waals surface area contributed by atoms with E-state index in [1.807, 2.05) is 0 Å². The average Bonchev–Trinajstić information content (AvgIpc) is 2.15. The van der Waals surface area contributed by atoms with Gasteiger partial charge in [0, 0.05) is 0 Å². The Bertz CT molecular complexity index is 500. The van der Waals surface area contributed by atoms with Crippen LogP contribution >= 0.6 is 15.9 Å². The molecule has 0 radical (unpaired) electrons. The van der Waals surface area contributed by atoms with E-state index < -0.39 is 40.1 Å². The van der Waals surface area contributed by atoms with Gasteiger partial charge in [0.15, 0.2) is 5.75 Å². The number of benzene rings is 1. The fourth-order valence-corrected chi connectivity index (χ4v) is 1.87. The third kappa shape index (κ3) is 3.93. The molecule has 0 N–H and O–H groups in total. The summed E-state index contributed by atoms with van der Waals surface area (Å²) >= 11 is 2.07. The smallest absolute Gasteiger partial charge is 0.404 e. The van der Waals surface area contributed by atoms with Gasteiger partial charge in [-0.1, -0.05) is 0 Å². The zero-order chi connectivity index (χ0) is 15.9. The minimum absolute atomic E-state index is 0.0101. The van der Waals surface area contributed by atoms with Crippen molar-refractivity contribution in [3.8, 4) is 5.75 Å². The highest BCUT2D eigenvalue weighted by atomic mass is 79.9. The van der Waals surface area contributed by atoms with Gasteiger partial charge in [0.05, 0.1) is 15.6 Å². The van der Waals surface area contributed by atoms with Crippen LogP contribution in [0.1, 0.15) is 11.1 Å². The Balaban J connectivity index is 3.55. The van der Waals surface area contributed by atoms with Crippen molar-refractivity contribution in [2.75, 3.05) is 0 Å². The summed E-state index contributed by atoms with van der Waals surface area (Å²) in [6, 6.07) is -0.120. The summed E-state index contributed by atoms with van der Waals surface area (Å²) in [6.07, 6.45) is -16.0. The SMILES string of the molecule is FC(F)(F)Oc1c(C(F)(F)F)ccc(C(F)(F)F)c1Br. The van der Waals surface area contributed by atoms with Gasteiger partial charge < -0.3 is 4.74 Å². The van der Waals surface area contributed by atoms with Crippen LogP contribution in [-0.4, -0.2) is 6.36 Å². The molecule has 11 heteroatoms. The van der Waals surface area contributed by atoms with Crippen LogP contribution < -0.4 is 4.74 Å². The Hall–Kier alpha value is -1.13. The first kappa shape index (κ1) is 16.9. The molecule has 0 amide bonds. The van der Waals surface area contributed by atoms with Crippen LogP contribution in [0.15, 0.2) is 16.6 Å². The molecule has 1 aromatic carbocycles. The summed E-state index contributed by atoms with van der Waals surface area (Å²) in [5, 5.41) is 0. The lowest BCUT2D eigenvalue weighted by molar-refractivity contribution is -0.276. The van der Waals surface area contributed by atoms with Crippen molar-refractivity contribution >= 4 is 15.9 Å². The summed E-state index contributed by atoms with van der Waals surface area (Å²) in [6.45, 7) is 0. The standard InChI is InChI=1S/C9H2BrF9O/c10-5-3(7(11,12)13)1-2-4(8(14,15)16)6(5)20-9(17,18)19/h1-2H. The van der Waals surface area contributed by atoms with Crippen LogP contribution in [0.25, 0.3) is 0 Å². The Morgan fingerprint density at radius 2 is 1.15 bits per heavy atom. The van der Waals surface area contributed by atoms with Gasteiger partial charge in [-0.15, -0.1) is 13.2 Å². The molecule has 0 spiro atoms. The van der Waals surface area contributed by atoms with Crippen molar-refractivity contribution in [1.82, 2.24) is 0 Å². The molecule has 0 bridgehead atoms. The molecule has 0 saturated heterocycles. The predicted octanol–water partition coefficient (Wildman–Crippen LogP) is 5.39. The summed E-state index contributed by atoms with van der Waals surface area (Å²) in [7, 11) is 0. The molecular formula is C9H2BrF9O.